The summed E-state index contributed by atoms with van der Waals surface area (Å²) in [6.45, 7) is 4.46. The van der Waals surface area contributed by atoms with E-state index in [0.717, 1.165) is 42.6 Å². The maximum absolute atomic E-state index is 6.18. The number of ether oxygens (including phenoxy) is 1. The van der Waals surface area contributed by atoms with Crippen LogP contribution in [-0.4, -0.2) is 20.2 Å². The molecule has 0 radical (unpaired) electrons. The van der Waals surface area contributed by atoms with E-state index in [2.05, 4.69) is 18.3 Å². The summed E-state index contributed by atoms with van der Waals surface area (Å²) in [5.74, 6) is 1.72. The van der Waals surface area contributed by atoms with Crippen LogP contribution in [0.2, 0.25) is 5.02 Å². The molecule has 100 valence electrons. The molecule has 2 nitrogen and oxygen atoms in total. The second kappa shape index (κ2) is 6.44. The summed E-state index contributed by atoms with van der Waals surface area (Å²) in [5.41, 5.74) is 2.69. The van der Waals surface area contributed by atoms with Gasteiger partial charge in [-0.2, -0.15) is 0 Å². The lowest BCUT2D eigenvalue weighted by Gasteiger charge is -2.24. The van der Waals surface area contributed by atoms with Crippen molar-refractivity contribution in [2.24, 2.45) is 5.92 Å². The van der Waals surface area contributed by atoms with Crippen LogP contribution in [0.25, 0.3) is 0 Å². The van der Waals surface area contributed by atoms with Crippen molar-refractivity contribution in [1.29, 1.82) is 0 Å². The molecule has 0 amide bonds. The van der Waals surface area contributed by atoms with Gasteiger partial charge in [0.05, 0.1) is 7.11 Å². The van der Waals surface area contributed by atoms with E-state index in [4.69, 9.17) is 16.3 Å². The third-order valence-electron chi connectivity index (χ3n) is 3.81. The molecule has 1 heterocycles. The summed E-state index contributed by atoms with van der Waals surface area (Å²) in [6.07, 6.45) is 4.65. The Labute approximate surface area is 115 Å². The first-order valence-electron chi connectivity index (χ1n) is 6.80. The SMILES string of the molecule is CCc1c(CC2CCNCC2)cc(Cl)cc1OC. The molecular weight excluding hydrogens is 246 g/mol. The van der Waals surface area contributed by atoms with Crippen molar-refractivity contribution in [3.8, 4) is 5.75 Å². The maximum Gasteiger partial charge on any atom is 0.123 e. The number of methoxy groups -OCH3 is 1. The van der Waals surface area contributed by atoms with Gasteiger partial charge in [-0.05, 0) is 68.0 Å². The maximum atomic E-state index is 6.18. The zero-order chi connectivity index (χ0) is 13.0. The van der Waals surface area contributed by atoms with Gasteiger partial charge in [-0.1, -0.05) is 18.5 Å². The first kappa shape index (κ1) is 13.7. The van der Waals surface area contributed by atoms with Crippen molar-refractivity contribution in [1.82, 2.24) is 5.32 Å². The van der Waals surface area contributed by atoms with Crippen LogP contribution in [0.15, 0.2) is 12.1 Å². The molecule has 0 aromatic heterocycles. The highest BCUT2D eigenvalue weighted by Gasteiger charge is 2.17. The van der Waals surface area contributed by atoms with Crippen molar-refractivity contribution in [2.75, 3.05) is 20.2 Å². The molecule has 2 rings (SSSR count). The quantitative estimate of drug-likeness (QED) is 0.902. The van der Waals surface area contributed by atoms with Crippen LogP contribution in [-0.2, 0) is 12.8 Å². The first-order valence-corrected chi connectivity index (χ1v) is 7.18. The second-order valence-electron chi connectivity index (χ2n) is 5.00. The highest BCUT2D eigenvalue weighted by molar-refractivity contribution is 6.30. The van der Waals surface area contributed by atoms with Gasteiger partial charge in [0.15, 0.2) is 0 Å². The van der Waals surface area contributed by atoms with Gasteiger partial charge < -0.3 is 10.1 Å². The Balaban J connectivity index is 2.21. The van der Waals surface area contributed by atoms with E-state index < -0.39 is 0 Å². The summed E-state index contributed by atoms with van der Waals surface area (Å²) in [7, 11) is 1.72. The third-order valence-corrected chi connectivity index (χ3v) is 4.03. The Morgan fingerprint density at radius 2 is 2.06 bits per heavy atom. The van der Waals surface area contributed by atoms with Gasteiger partial charge in [-0.15, -0.1) is 0 Å². The van der Waals surface area contributed by atoms with Crippen LogP contribution < -0.4 is 10.1 Å². The molecule has 0 bridgehead atoms. The molecular formula is C15H22ClNO. The minimum Gasteiger partial charge on any atom is -0.496 e. The molecule has 1 aromatic carbocycles. The average Bonchev–Trinajstić information content (AvgIpc) is 2.39. The first-order chi connectivity index (χ1) is 8.74. The summed E-state index contributed by atoms with van der Waals surface area (Å²) >= 11 is 6.18. The molecule has 18 heavy (non-hydrogen) atoms. The van der Waals surface area contributed by atoms with Crippen molar-refractivity contribution < 1.29 is 4.74 Å². The van der Waals surface area contributed by atoms with E-state index in [1.807, 2.05) is 6.07 Å². The molecule has 1 saturated heterocycles. The van der Waals surface area contributed by atoms with Gasteiger partial charge in [0, 0.05) is 5.02 Å². The molecule has 3 heteroatoms. The number of hydrogen-bond donors (Lipinski definition) is 1. The molecule has 1 aliphatic heterocycles. The van der Waals surface area contributed by atoms with E-state index in [-0.39, 0.29) is 0 Å². The Kier molecular flexibility index (Phi) is 4.90. The number of nitrogens with one attached hydrogen (secondary N) is 1. The fourth-order valence-corrected chi connectivity index (χ4v) is 3.06. The van der Waals surface area contributed by atoms with Crippen molar-refractivity contribution in [3.63, 3.8) is 0 Å². The standard InChI is InChI=1S/C15H22ClNO/c1-3-14-12(8-11-4-6-17-7-5-11)9-13(16)10-15(14)18-2/h9-11,17H,3-8H2,1-2H3. The monoisotopic (exact) mass is 267 g/mol. The van der Waals surface area contributed by atoms with E-state index >= 15 is 0 Å². The summed E-state index contributed by atoms with van der Waals surface area (Å²) in [5, 5.41) is 4.20. The third kappa shape index (κ3) is 3.18. The molecule has 0 saturated carbocycles. The number of hydrogen-bond acceptors (Lipinski definition) is 2. The van der Waals surface area contributed by atoms with Gasteiger partial charge in [0.2, 0.25) is 0 Å². The van der Waals surface area contributed by atoms with Crippen LogP contribution in [0.5, 0.6) is 5.75 Å². The minimum atomic E-state index is 0.778. The van der Waals surface area contributed by atoms with Crippen LogP contribution in [0.1, 0.15) is 30.9 Å². The number of rotatable bonds is 4. The lowest BCUT2D eigenvalue weighted by Crippen LogP contribution is -2.28. The number of benzene rings is 1. The average molecular weight is 268 g/mol. The highest BCUT2D eigenvalue weighted by Crippen LogP contribution is 2.31. The van der Waals surface area contributed by atoms with Crippen molar-refractivity contribution >= 4 is 11.6 Å². The summed E-state index contributed by atoms with van der Waals surface area (Å²) in [4.78, 5) is 0. The van der Waals surface area contributed by atoms with Crippen LogP contribution in [0.4, 0.5) is 0 Å². The van der Waals surface area contributed by atoms with Crippen LogP contribution >= 0.6 is 11.6 Å². The lowest BCUT2D eigenvalue weighted by atomic mass is 9.88. The van der Waals surface area contributed by atoms with Gasteiger partial charge in [0.25, 0.3) is 0 Å². The normalized spacial score (nSPS) is 16.8. The zero-order valence-electron chi connectivity index (χ0n) is 11.3. The Morgan fingerprint density at radius 3 is 2.67 bits per heavy atom. The Morgan fingerprint density at radius 1 is 1.33 bits per heavy atom. The van der Waals surface area contributed by atoms with Crippen molar-refractivity contribution in [2.45, 2.75) is 32.6 Å². The fourth-order valence-electron chi connectivity index (χ4n) is 2.83. The van der Waals surface area contributed by atoms with Gasteiger partial charge >= 0.3 is 0 Å². The smallest absolute Gasteiger partial charge is 0.123 e. The van der Waals surface area contributed by atoms with E-state index in [0.29, 0.717) is 0 Å². The topological polar surface area (TPSA) is 21.3 Å². The second-order valence-corrected chi connectivity index (χ2v) is 5.43. The van der Waals surface area contributed by atoms with Crippen LogP contribution in [0.3, 0.4) is 0 Å². The molecule has 0 unspecified atom stereocenters. The molecule has 0 aliphatic carbocycles. The summed E-state index contributed by atoms with van der Waals surface area (Å²) in [6, 6.07) is 4.04. The molecule has 1 aliphatic rings. The molecule has 1 fully saturated rings. The van der Waals surface area contributed by atoms with Gasteiger partial charge in [-0.3, -0.25) is 0 Å². The molecule has 1 aromatic rings. The Bertz CT molecular complexity index is 400. The van der Waals surface area contributed by atoms with Gasteiger partial charge in [-0.25, -0.2) is 0 Å². The van der Waals surface area contributed by atoms with E-state index in [1.54, 1.807) is 7.11 Å². The van der Waals surface area contributed by atoms with Crippen LogP contribution in [0, 0.1) is 5.92 Å². The zero-order valence-corrected chi connectivity index (χ0v) is 12.0. The van der Waals surface area contributed by atoms with Gasteiger partial charge in [0.1, 0.15) is 5.75 Å². The number of halogens is 1. The Hall–Kier alpha value is -0.730. The van der Waals surface area contributed by atoms with E-state index in [9.17, 15) is 0 Å². The lowest BCUT2D eigenvalue weighted by molar-refractivity contribution is 0.370. The van der Waals surface area contributed by atoms with Crippen molar-refractivity contribution in [3.05, 3.63) is 28.3 Å². The fraction of sp³-hybridized carbons (Fsp3) is 0.600. The molecule has 0 atom stereocenters. The number of piperidine rings is 1. The largest absolute Gasteiger partial charge is 0.496 e. The minimum absolute atomic E-state index is 0.778. The molecule has 0 spiro atoms. The predicted molar refractivity (Wildman–Crippen MR) is 76.7 cm³/mol. The summed E-state index contributed by atoms with van der Waals surface area (Å²) < 4.78 is 5.45. The predicted octanol–water partition coefficient (Wildman–Crippen LogP) is 3.45. The molecule has 1 N–H and O–H groups in total. The van der Waals surface area contributed by atoms with E-state index in [1.165, 1.54) is 24.0 Å². The highest BCUT2D eigenvalue weighted by atomic mass is 35.5.